The normalized spacial score (nSPS) is 28.5. The van der Waals surface area contributed by atoms with E-state index >= 15 is 0 Å². The lowest BCUT2D eigenvalue weighted by atomic mass is 9.92. The number of nitrogens with one attached hydrogen (secondary N) is 2. The summed E-state index contributed by atoms with van der Waals surface area (Å²) in [4.78, 5) is 2.32. The van der Waals surface area contributed by atoms with Crippen molar-refractivity contribution in [1.29, 1.82) is 5.26 Å². The van der Waals surface area contributed by atoms with Crippen molar-refractivity contribution in [3.05, 3.63) is 0 Å². The summed E-state index contributed by atoms with van der Waals surface area (Å²) in [7, 11) is 0. The van der Waals surface area contributed by atoms with Crippen molar-refractivity contribution < 1.29 is 0 Å². The van der Waals surface area contributed by atoms with Gasteiger partial charge in [-0.25, -0.2) is 0 Å². The summed E-state index contributed by atoms with van der Waals surface area (Å²) in [6, 6.07) is 2.45. The minimum Gasteiger partial charge on any atom is -0.315 e. The van der Waals surface area contributed by atoms with Crippen LogP contribution in [0.2, 0.25) is 0 Å². The second-order valence-electron chi connectivity index (χ2n) is 3.84. The van der Waals surface area contributed by atoms with Crippen LogP contribution in [0.1, 0.15) is 6.42 Å². The molecule has 2 saturated heterocycles. The Hall–Kier alpha value is -0.630. The zero-order valence-corrected chi connectivity index (χ0v) is 7.84. The second kappa shape index (κ2) is 3.62. The maximum Gasteiger partial charge on any atom is 0.134 e. The van der Waals surface area contributed by atoms with E-state index < -0.39 is 0 Å². The summed E-state index contributed by atoms with van der Waals surface area (Å²) in [6.45, 7) is 5.85. The molecular formula is C9H16N4. The highest BCUT2D eigenvalue weighted by Gasteiger charge is 2.42. The third kappa shape index (κ3) is 1.55. The molecule has 0 aromatic heterocycles. The first kappa shape index (κ1) is 8.95. The number of nitriles is 1. The Bertz CT molecular complexity index is 208. The van der Waals surface area contributed by atoms with Gasteiger partial charge in [-0.1, -0.05) is 0 Å². The van der Waals surface area contributed by atoms with Gasteiger partial charge in [0, 0.05) is 32.7 Å². The highest BCUT2D eigenvalue weighted by atomic mass is 15.3. The van der Waals surface area contributed by atoms with E-state index in [2.05, 4.69) is 21.6 Å². The van der Waals surface area contributed by atoms with Gasteiger partial charge in [0.2, 0.25) is 0 Å². The van der Waals surface area contributed by atoms with Crippen molar-refractivity contribution in [2.75, 3.05) is 39.3 Å². The van der Waals surface area contributed by atoms with Gasteiger partial charge in [-0.05, 0) is 13.0 Å². The van der Waals surface area contributed by atoms with E-state index in [1.54, 1.807) is 0 Å². The molecule has 2 N–H and O–H groups in total. The average Bonchev–Trinajstić information content (AvgIpc) is 2.32. The molecule has 0 aliphatic carbocycles. The van der Waals surface area contributed by atoms with Crippen LogP contribution in [0.15, 0.2) is 0 Å². The number of hydrogen-bond acceptors (Lipinski definition) is 4. The molecule has 0 atom stereocenters. The molecule has 72 valence electrons. The lowest BCUT2D eigenvalue weighted by molar-refractivity contribution is 0.0929. The fourth-order valence-electron chi connectivity index (χ4n) is 2.01. The van der Waals surface area contributed by atoms with E-state index in [0.29, 0.717) is 0 Å². The quantitative estimate of drug-likeness (QED) is 0.552. The van der Waals surface area contributed by atoms with Crippen molar-refractivity contribution in [2.45, 2.75) is 12.0 Å². The van der Waals surface area contributed by atoms with E-state index in [1.807, 2.05) is 0 Å². The van der Waals surface area contributed by atoms with E-state index in [0.717, 1.165) is 45.7 Å². The van der Waals surface area contributed by atoms with Gasteiger partial charge in [0.15, 0.2) is 0 Å². The number of rotatable bonds is 1. The molecule has 0 unspecified atom stereocenters. The van der Waals surface area contributed by atoms with Crippen LogP contribution >= 0.6 is 0 Å². The molecule has 0 bridgehead atoms. The SMILES string of the molecule is N#CC1(N2CCCNCC2)CNC1. The zero-order valence-electron chi connectivity index (χ0n) is 7.84. The van der Waals surface area contributed by atoms with Gasteiger partial charge < -0.3 is 10.6 Å². The maximum absolute atomic E-state index is 9.13. The number of nitrogens with zero attached hydrogens (tertiary/aromatic N) is 2. The first-order valence-corrected chi connectivity index (χ1v) is 4.95. The average molecular weight is 180 g/mol. The minimum absolute atomic E-state index is 0.188. The van der Waals surface area contributed by atoms with E-state index in [1.165, 1.54) is 0 Å². The third-order valence-electron chi connectivity index (χ3n) is 2.99. The molecule has 4 nitrogen and oxygen atoms in total. The van der Waals surface area contributed by atoms with E-state index in [9.17, 15) is 0 Å². The van der Waals surface area contributed by atoms with Crippen LogP contribution in [0.3, 0.4) is 0 Å². The molecule has 2 aliphatic heterocycles. The van der Waals surface area contributed by atoms with Crippen LogP contribution < -0.4 is 10.6 Å². The van der Waals surface area contributed by atoms with Crippen molar-refractivity contribution in [2.24, 2.45) is 0 Å². The van der Waals surface area contributed by atoms with Gasteiger partial charge in [0.1, 0.15) is 5.54 Å². The van der Waals surface area contributed by atoms with Gasteiger partial charge >= 0.3 is 0 Å². The van der Waals surface area contributed by atoms with Gasteiger partial charge in [0.05, 0.1) is 6.07 Å². The Balaban J connectivity index is 2.01. The smallest absolute Gasteiger partial charge is 0.134 e. The van der Waals surface area contributed by atoms with Gasteiger partial charge in [0.25, 0.3) is 0 Å². The molecule has 2 aliphatic rings. The van der Waals surface area contributed by atoms with Crippen LogP contribution in [0.4, 0.5) is 0 Å². The fourth-order valence-corrected chi connectivity index (χ4v) is 2.01. The monoisotopic (exact) mass is 180 g/mol. The molecule has 4 heteroatoms. The molecule has 0 aromatic rings. The zero-order chi connectivity index (χ0) is 9.15. The van der Waals surface area contributed by atoms with Crippen LogP contribution in [0.5, 0.6) is 0 Å². The second-order valence-corrected chi connectivity index (χ2v) is 3.84. The highest BCUT2D eigenvalue weighted by molar-refractivity contribution is 5.17. The lowest BCUT2D eigenvalue weighted by Crippen LogP contribution is -2.68. The fraction of sp³-hybridized carbons (Fsp3) is 0.889. The molecule has 2 rings (SSSR count). The molecule has 2 fully saturated rings. The molecule has 0 saturated carbocycles. The first-order valence-electron chi connectivity index (χ1n) is 4.95. The largest absolute Gasteiger partial charge is 0.315 e. The Labute approximate surface area is 78.9 Å². The van der Waals surface area contributed by atoms with Crippen LogP contribution in [0, 0.1) is 11.3 Å². The predicted octanol–water partition coefficient (Wildman–Crippen LogP) is -0.853. The minimum atomic E-state index is -0.188. The van der Waals surface area contributed by atoms with Crippen molar-refractivity contribution in [3.8, 4) is 6.07 Å². The predicted molar refractivity (Wildman–Crippen MR) is 50.3 cm³/mol. The molecule has 13 heavy (non-hydrogen) atoms. The molecule has 0 spiro atoms. The summed E-state index contributed by atoms with van der Waals surface area (Å²) < 4.78 is 0. The molecule has 0 radical (unpaired) electrons. The molecule has 0 aromatic carbocycles. The third-order valence-corrected chi connectivity index (χ3v) is 2.99. The Morgan fingerprint density at radius 3 is 2.62 bits per heavy atom. The summed E-state index contributed by atoms with van der Waals surface area (Å²) in [5.41, 5.74) is -0.188. The Morgan fingerprint density at radius 2 is 2.00 bits per heavy atom. The van der Waals surface area contributed by atoms with Crippen LogP contribution in [-0.2, 0) is 0 Å². The Morgan fingerprint density at radius 1 is 1.15 bits per heavy atom. The van der Waals surface area contributed by atoms with Crippen molar-refractivity contribution >= 4 is 0 Å². The summed E-state index contributed by atoms with van der Waals surface area (Å²) in [5.74, 6) is 0. The van der Waals surface area contributed by atoms with Gasteiger partial charge in [-0.15, -0.1) is 0 Å². The van der Waals surface area contributed by atoms with Gasteiger partial charge in [-0.2, -0.15) is 5.26 Å². The van der Waals surface area contributed by atoms with Crippen LogP contribution in [0.25, 0.3) is 0 Å². The highest BCUT2D eigenvalue weighted by Crippen LogP contribution is 2.20. The summed E-state index contributed by atoms with van der Waals surface area (Å²) >= 11 is 0. The van der Waals surface area contributed by atoms with Crippen molar-refractivity contribution in [3.63, 3.8) is 0 Å². The van der Waals surface area contributed by atoms with E-state index in [-0.39, 0.29) is 5.54 Å². The lowest BCUT2D eigenvalue weighted by Gasteiger charge is -2.45. The van der Waals surface area contributed by atoms with E-state index in [4.69, 9.17) is 5.26 Å². The Kier molecular flexibility index (Phi) is 2.49. The first-order chi connectivity index (χ1) is 6.37. The summed E-state index contributed by atoms with van der Waals surface area (Å²) in [6.07, 6.45) is 1.16. The molecule has 0 amide bonds. The van der Waals surface area contributed by atoms with Crippen LogP contribution in [-0.4, -0.2) is 49.7 Å². The maximum atomic E-state index is 9.13. The van der Waals surface area contributed by atoms with Crippen molar-refractivity contribution in [1.82, 2.24) is 15.5 Å². The standard InChI is InChI=1S/C9H16N4/c10-6-9(7-12-8-9)13-4-1-2-11-3-5-13/h11-12H,1-5,7-8H2. The topological polar surface area (TPSA) is 51.1 Å². The summed E-state index contributed by atoms with van der Waals surface area (Å²) in [5, 5.41) is 15.7. The number of hydrogen-bond donors (Lipinski definition) is 2. The van der Waals surface area contributed by atoms with Gasteiger partial charge in [-0.3, -0.25) is 4.90 Å². The molecular weight excluding hydrogens is 164 g/mol. The molecule has 2 heterocycles.